The monoisotopic (exact) mass is 233 g/mol. The minimum Gasteiger partial charge on any atom is -0.329 e. The molecule has 1 unspecified atom stereocenters. The Morgan fingerprint density at radius 3 is 2.71 bits per heavy atom. The highest BCUT2D eigenvalue weighted by atomic mass is 19.1. The van der Waals surface area contributed by atoms with Crippen LogP contribution in [0.3, 0.4) is 0 Å². The Hall–Kier alpha value is -1.64. The molecule has 0 heterocycles. The summed E-state index contributed by atoms with van der Waals surface area (Å²) in [5.74, 6) is -0.384. The summed E-state index contributed by atoms with van der Waals surface area (Å²) in [5.41, 5.74) is 0.564. The molecule has 1 aliphatic carbocycles. The molecule has 90 valence electrons. The van der Waals surface area contributed by atoms with Gasteiger partial charge >= 0.3 is 0 Å². The van der Waals surface area contributed by atoms with E-state index in [2.05, 4.69) is 6.58 Å². The first-order valence-corrected chi connectivity index (χ1v) is 5.84. The summed E-state index contributed by atoms with van der Waals surface area (Å²) in [6.07, 6.45) is 3.30. The predicted octanol–water partition coefficient (Wildman–Crippen LogP) is 3.06. The second-order valence-corrected chi connectivity index (χ2v) is 4.38. The molecule has 0 aliphatic heterocycles. The molecule has 1 aliphatic rings. The first-order chi connectivity index (χ1) is 8.15. The van der Waals surface area contributed by atoms with Crippen LogP contribution in [0.5, 0.6) is 0 Å². The van der Waals surface area contributed by atoms with E-state index in [1.807, 2.05) is 6.92 Å². The minimum absolute atomic E-state index is 0.122. The first-order valence-electron chi connectivity index (χ1n) is 5.84. The van der Waals surface area contributed by atoms with Crippen molar-refractivity contribution in [1.29, 1.82) is 0 Å². The van der Waals surface area contributed by atoms with Gasteiger partial charge in [0.25, 0.3) is 0 Å². The normalized spacial score (nSPS) is 16.4. The molecule has 0 spiro atoms. The van der Waals surface area contributed by atoms with Gasteiger partial charge in [0.1, 0.15) is 5.82 Å². The molecule has 2 rings (SSSR count). The molecule has 1 saturated carbocycles. The summed E-state index contributed by atoms with van der Waals surface area (Å²) in [6, 6.07) is 6.60. The Morgan fingerprint density at radius 1 is 1.53 bits per heavy atom. The van der Waals surface area contributed by atoms with Crippen LogP contribution >= 0.6 is 0 Å². The molecule has 2 nitrogen and oxygen atoms in total. The lowest BCUT2D eigenvalue weighted by molar-refractivity contribution is -0.128. The zero-order valence-corrected chi connectivity index (χ0v) is 9.90. The van der Waals surface area contributed by atoms with E-state index in [4.69, 9.17) is 0 Å². The zero-order chi connectivity index (χ0) is 12.4. The lowest BCUT2D eigenvalue weighted by atomic mass is 10.1. The van der Waals surface area contributed by atoms with Crippen molar-refractivity contribution in [2.75, 3.05) is 0 Å². The van der Waals surface area contributed by atoms with Crippen molar-refractivity contribution >= 4 is 5.91 Å². The Morgan fingerprint density at radius 2 is 2.18 bits per heavy atom. The molecule has 0 radical (unpaired) electrons. The van der Waals surface area contributed by atoms with Crippen LogP contribution in [0.15, 0.2) is 36.9 Å². The van der Waals surface area contributed by atoms with E-state index in [1.54, 1.807) is 23.1 Å². The Labute approximate surface area is 101 Å². The van der Waals surface area contributed by atoms with Gasteiger partial charge in [0.15, 0.2) is 0 Å². The van der Waals surface area contributed by atoms with Crippen molar-refractivity contribution in [2.45, 2.75) is 31.8 Å². The van der Waals surface area contributed by atoms with Crippen molar-refractivity contribution in [3.05, 3.63) is 48.3 Å². The Bertz CT molecular complexity index is 440. The molecule has 0 bridgehead atoms. The predicted molar refractivity (Wildman–Crippen MR) is 64.9 cm³/mol. The van der Waals surface area contributed by atoms with Gasteiger partial charge in [-0.1, -0.05) is 24.8 Å². The second-order valence-electron chi connectivity index (χ2n) is 4.38. The number of hydrogen-bond donors (Lipinski definition) is 0. The Kier molecular flexibility index (Phi) is 3.27. The highest BCUT2D eigenvalue weighted by molar-refractivity contribution is 5.87. The van der Waals surface area contributed by atoms with Crippen LogP contribution in [0, 0.1) is 5.82 Å². The third-order valence-electron chi connectivity index (χ3n) is 3.14. The van der Waals surface area contributed by atoms with Gasteiger partial charge in [-0.15, -0.1) is 0 Å². The van der Waals surface area contributed by atoms with E-state index < -0.39 is 0 Å². The fraction of sp³-hybridized carbons (Fsp3) is 0.357. The average Bonchev–Trinajstić information content (AvgIpc) is 3.14. The van der Waals surface area contributed by atoms with Crippen LogP contribution in [0.1, 0.15) is 31.4 Å². The van der Waals surface area contributed by atoms with E-state index in [9.17, 15) is 9.18 Å². The number of carbonyl (C=O) groups excluding carboxylic acids is 1. The number of halogens is 1. The van der Waals surface area contributed by atoms with Crippen LogP contribution < -0.4 is 0 Å². The van der Waals surface area contributed by atoms with Gasteiger partial charge in [-0.3, -0.25) is 4.79 Å². The highest BCUT2D eigenvalue weighted by Crippen LogP contribution is 2.35. The molecular weight excluding hydrogens is 217 g/mol. The molecule has 3 heteroatoms. The van der Waals surface area contributed by atoms with Crippen LogP contribution in [0.25, 0.3) is 0 Å². The quantitative estimate of drug-likeness (QED) is 0.732. The standard InChI is InChI=1S/C14H16FNO/c1-3-14(17)16(11-8-9-11)10(2)12-6-4-5-7-13(12)15/h3-7,10-11H,1,8-9H2,2H3. The molecule has 1 fully saturated rings. The molecule has 1 atom stereocenters. The third-order valence-corrected chi connectivity index (χ3v) is 3.14. The molecule has 17 heavy (non-hydrogen) atoms. The average molecular weight is 233 g/mol. The van der Waals surface area contributed by atoms with Gasteiger partial charge in [0.2, 0.25) is 5.91 Å². The summed E-state index contributed by atoms with van der Waals surface area (Å²) >= 11 is 0. The fourth-order valence-corrected chi connectivity index (χ4v) is 2.11. The molecule has 1 aromatic carbocycles. The van der Waals surface area contributed by atoms with Crippen molar-refractivity contribution in [3.8, 4) is 0 Å². The number of benzene rings is 1. The summed E-state index contributed by atoms with van der Waals surface area (Å²) in [7, 11) is 0. The zero-order valence-electron chi connectivity index (χ0n) is 9.90. The van der Waals surface area contributed by atoms with E-state index in [1.165, 1.54) is 12.1 Å². The van der Waals surface area contributed by atoms with E-state index >= 15 is 0 Å². The van der Waals surface area contributed by atoms with Crippen LogP contribution in [0.4, 0.5) is 4.39 Å². The van der Waals surface area contributed by atoms with Crippen LogP contribution in [-0.2, 0) is 4.79 Å². The van der Waals surface area contributed by atoms with Gasteiger partial charge < -0.3 is 4.90 Å². The number of hydrogen-bond acceptors (Lipinski definition) is 1. The molecule has 1 aromatic rings. The Balaban J connectivity index is 2.27. The summed E-state index contributed by atoms with van der Waals surface area (Å²) in [5, 5.41) is 0. The minimum atomic E-state index is -0.262. The summed E-state index contributed by atoms with van der Waals surface area (Å²) < 4.78 is 13.7. The summed E-state index contributed by atoms with van der Waals surface area (Å²) in [4.78, 5) is 13.5. The second kappa shape index (κ2) is 4.70. The van der Waals surface area contributed by atoms with Gasteiger partial charge in [0, 0.05) is 11.6 Å². The summed E-state index contributed by atoms with van der Waals surface area (Å²) in [6.45, 7) is 5.36. The lowest BCUT2D eigenvalue weighted by Crippen LogP contribution is -2.34. The smallest absolute Gasteiger partial charge is 0.246 e. The molecule has 0 aromatic heterocycles. The van der Waals surface area contributed by atoms with E-state index in [0.29, 0.717) is 5.56 Å². The topological polar surface area (TPSA) is 20.3 Å². The first kappa shape index (κ1) is 11.8. The SMILES string of the molecule is C=CC(=O)N(C1CC1)C(C)c1ccccc1F. The molecular formula is C14H16FNO. The largest absolute Gasteiger partial charge is 0.329 e. The molecule has 0 N–H and O–H groups in total. The van der Waals surface area contributed by atoms with Crippen molar-refractivity contribution < 1.29 is 9.18 Å². The van der Waals surface area contributed by atoms with Crippen LogP contribution in [-0.4, -0.2) is 16.8 Å². The number of nitrogens with zero attached hydrogens (tertiary/aromatic N) is 1. The fourth-order valence-electron chi connectivity index (χ4n) is 2.11. The van der Waals surface area contributed by atoms with E-state index in [-0.39, 0.29) is 23.8 Å². The maximum atomic E-state index is 13.7. The van der Waals surface area contributed by atoms with Gasteiger partial charge in [-0.2, -0.15) is 0 Å². The van der Waals surface area contributed by atoms with Gasteiger partial charge in [0.05, 0.1) is 6.04 Å². The van der Waals surface area contributed by atoms with Gasteiger partial charge in [-0.05, 0) is 31.9 Å². The van der Waals surface area contributed by atoms with Crippen LogP contribution in [0.2, 0.25) is 0 Å². The van der Waals surface area contributed by atoms with Crippen molar-refractivity contribution in [1.82, 2.24) is 4.90 Å². The molecule has 0 saturated heterocycles. The van der Waals surface area contributed by atoms with Crippen molar-refractivity contribution in [2.24, 2.45) is 0 Å². The number of carbonyl (C=O) groups is 1. The highest BCUT2D eigenvalue weighted by Gasteiger charge is 2.35. The van der Waals surface area contributed by atoms with Gasteiger partial charge in [-0.25, -0.2) is 4.39 Å². The molecule has 1 amide bonds. The maximum Gasteiger partial charge on any atom is 0.246 e. The lowest BCUT2D eigenvalue weighted by Gasteiger charge is -2.28. The number of rotatable bonds is 4. The van der Waals surface area contributed by atoms with E-state index in [0.717, 1.165) is 12.8 Å². The maximum absolute atomic E-state index is 13.7. The van der Waals surface area contributed by atoms with Crippen molar-refractivity contribution in [3.63, 3.8) is 0 Å². The number of amides is 1. The third kappa shape index (κ3) is 2.38.